The van der Waals surface area contributed by atoms with Crippen molar-refractivity contribution in [1.82, 2.24) is 10.2 Å². The first-order valence-electron chi connectivity index (χ1n) is 4.55. The van der Waals surface area contributed by atoms with Crippen LogP contribution in [0.4, 0.5) is 11.7 Å². The topological polar surface area (TPSA) is 88.2 Å². The van der Waals surface area contributed by atoms with Crippen molar-refractivity contribution in [3.05, 3.63) is 35.7 Å². The molecule has 0 atom stereocenters. The van der Waals surface area contributed by atoms with Crippen LogP contribution in [0, 0.1) is 6.92 Å². The number of nitrogens with one attached hydrogen (secondary N) is 1. The normalized spacial score (nSPS) is 10.1. The molecule has 16 heavy (non-hydrogen) atoms. The highest BCUT2D eigenvalue weighted by atomic mass is 16.4. The Morgan fingerprint density at radius 3 is 2.50 bits per heavy atom. The minimum Gasteiger partial charge on any atom is -0.478 e. The predicted molar refractivity (Wildman–Crippen MR) is 55.7 cm³/mol. The van der Waals surface area contributed by atoms with E-state index < -0.39 is 5.97 Å². The van der Waals surface area contributed by atoms with Crippen LogP contribution in [0.5, 0.6) is 0 Å². The Balaban J connectivity index is 2.14. The van der Waals surface area contributed by atoms with E-state index in [0.717, 1.165) is 0 Å². The van der Waals surface area contributed by atoms with Gasteiger partial charge in [-0.2, -0.15) is 0 Å². The highest BCUT2D eigenvalue weighted by Gasteiger charge is 2.04. The zero-order valence-corrected chi connectivity index (χ0v) is 8.47. The van der Waals surface area contributed by atoms with Gasteiger partial charge in [-0.1, -0.05) is 5.10 Å². The van der Waals surface area contributed by atoms with E-state index >= 15 is 0 Å². The number of hydrogen-bond donors (Lipinski definition) is 2. The maximum atomic E-state index is 10.6. The van der Waals surface area contributed by atoms with Crippen molar-refractivity contribution in [2.75, 3.05) is 5.32 Å². The molecule has 2 rings (SSSR count). The first kappa shape index (κ1) is 10.2. The van der Waals surface area contributed by atoms with Crippen molar-refractivity contribution in [3.8, 4) is 0 Å². The Morgan fingerprint density at radius 1 is 1.31 bits per heavy atom. The molecule has 1 aromatic heterocycles. The van der Waals surface area contributed by atoms with E-state index in [2.05, 4.69) is 15.5 Å². The summed E-state index contributed by atoms with van der Waals surface area (Å²) in [6, 6.07) is 6.52. The molecule has 0 aliphatic rings. The van der Waals surface area contributed by atoms with Crippen molar-refractivity contribution < 1.29 is 14.3 Å². The zero-order valence-electron chi connectivity index (χ0n) is 8.47. The van der Waals surface area contributed by atoms with Gasteiger partial charge < -0.3 is 14.8 Å². The van der Waals surface area contributed by atoms with Gasteiger partial charge in [0.2, 0.25) is 5.89 Å². The maximum absolute atomic E-state index is 10.6. The summed E-state index contributed by atoms with van der Waals surface area (Å²) < 4.78 is 5.12. The fourth-order valence-corrected chi connectivity index (χ4v) is 1.17. The summed E-state index contributed by atoms with van der Waals surface area (Å²) in [7, 11) is 0. The summed E-state index contributed by atoms with van der Waals surface area (Å²) >= 11 is 0. The fraction of sp³-hybridized carbons (Fsp3) is 0.100. The molecule has 1 aromatic carbocycles. The van der Waals surface area contributed by atoms with E-state index in [0.29, 0.717) is 11.6 Å². The second-order valence-electron chi connectivity index (χ2n) is 3.13. The second-order valence-corrected chi connectivity index (χ2v) is 3.13. The molecule has 0 spiro atoms. The van der Waals surface area contributed by atoms with Gasteiger partial charge in [-0.25, -0.2) is 4.79 Å². The van der Waals surface area contributed by atoms with Gasteiger partial charge in [0, 0.05) is 12.6 Å². The summed E-state index contributed by atoms with van der Waals surface area (Å²) in [4.78, 5) is 10.6. The van der Waals surface area contributed by atoms with Gasteiger partial charge in [0.15, 0.2) is 0 Å². The summed E-state index contributed by atoms with van der Waals surface area (Å²) in [6.45, 7) is 1.69. The Bertz CT molecular complexity index is 504. The molecule has 1 heterocycles. The van der Waals surface area contributed by atoms with Gasteiger partial charge in [-0.3, -0.25) is 0 Å². The molecule has 82 valence electrons. The molecule has 0 saturated carbocycles. The third-order valence-corrected chi connectivity index (χ3v) is 1.91. The number of nitrogens with zero attached hydrogens (tertiary/aromatic N) is 2. The smallest absolute Gasteiger partial charge is 0.335 e. The minimum absolute atomic E-state index is 0.229. The molecule has 0 aliphatic heterocycles. The minimum atomic E-state index is -0.958. The van der Waals surface area contributed by atoms with Gasteiger partial charge in [0.05, 0.1) is 5.56 Å². The van der Waals surface area contributed by atoms with Crippen LogP contribution in [0.3, 0.4) is 0 Å². The standard InChI is InChI=1S/C10H9N3O3/c1-6-12-13-10(16-6)11-8-4-2-7(3-5-8)9(14)15/h2-5H,1H3,(H,11,13)(H,14,15). The third kappa shape index (κ3) is 2.17. The first-order valence-corrected chi connectivity index (χ1v) is 4.55. The number of carboxylic acids is 1. The van der Waals surface area contributed by atoms with Gasteiger partial charge in [-0.05, 0) is 24.3 Å². The van der Waals surface area contributed by atoms with E-state index in [9.17, 15) is 4.79 Å². The van der Waals surface area contributed by atoms with Crippen molar-refractivity contribution in [2.24, 2.45) is 0 Å². The molecule has 0 aliphatic carbocycles. The Labute approximate surface area is 90.9 Å². The lowest BCUT2D eigenvalue weighted by Crippen LogP contribution is -1.96. The van der Waals surface area contributed by atoms with E-state index in [1.54, 1.807) is 19.1 Å². The first-order chi connectivity index (χ1) is 7.65. The molecule has 0 unspecified atom stereocenters. The van der Waals surface area contributed by atoms with Crippen molar-refractivity contribution in [1.29, 1.82) is 0 Å². The largest absolute Gasteiger partial charge is 0.478 e. The van der Waals surface area contributed by atoms with Crippen LogP contribution >= 0.6 is 0 Å². The van der Waals surface area contributed by atoms with Crippen LogP contribution < -0.4 is 5.32 Å². The molecule has 6 nitrogen and oxygen atoms in total. The summed E-state index contributed by atoms with van der Waals surface area (Å²) in [5, 5.41) is 19.0. The van der Waals surface area contributed by atoms with Crippen LogP contribution in [-0.4, -0.2) is 21.3 Å². The van der Waals surface area contributed by atoms with Crippen molar-refractivity contribution in [2.45, 2.75) is 6.92 Å². The van der Waals surface area contributed by atoms with Gasteiger partial charge in [0.1, 0.15) is 0 Å². The van der Waals surface area contributed by atoms with Gasteiger partial charge in [-0.15, -0.1) is 5.10 Å². The lowest BCUT2D eigenvalue weighted by Gasteiger charge is -2.00. The molecule has 0 amide bonds. The van der Waals surface area contributed by atoms with E-state index in [1.807, 2.05) is 0 Å². The maximum Gasteiger partial charge on any atom is 0.335 e. The summed E-state index contributed by atoms with van der Waals surface area (Å²) in [5.41, 5.74) is 0.918. The summed E-state index contributed by atoms with van der Waals surface area (Å²) in [5.74, 6) is -0.496. The van der Waals surface area contributed by atoms with E-state index in [-0.39, 0.29) is 11.6 Å². The monoisotopic (exact) mass is 219 g/mol. The average Bonchev–Trinajstić information content (AvgIpc) is 2.65. The molecular formula is C10H9N3O3. The highest BCUT2D eigenvalue weighted by molar-refractivity contribution is 5.88. The number of carbonyl (C=O) groups is 1. The van der Waals surface area contributed by atoms with E-state index in [4.69, 9.17) is 9.52 Å². The fourth-order valence-electron chi connectivity index (χ4n) is 1.17. The zero-order chi connectivity index (χ0) is 11.5. The third-order valence-electron chi connectivity index (χ3n) is 1.91. The number of benzene rings is 1. The second kappa shape index (κ2) is 4.01. The van der Waals surface area contributed by atoms with Crippen molar-refractivity contribution >= 4 is 17.7 Å². The molecule has 6 heteroatoms. The van der Waals surface area contributed by atoms with Crippen LogP contribution in [0.15, 0.2) is 28.7 Å². The number of anilines is 2. The van der Waals surface area contributed by atoms with Crippen molar-refractivity contribution in [3.63, 3.8) is 0 Å². The SMILES string of the molecule is Cc1nnc(Nc2ccc(C(=O)O)cc2)o1. The van der Waals surface area contributed by atoms with Gasteiger partial charge in [0.25, 0.3) is 0 Å². The van der Waals surface area contributed by atoms with E-state index in [1.165, 1.54) is 12.1 Å². The number of rotatable bonds is 3. The van der Waals surface area contributed by atoms with Crippen LogP contribution in [0.25, 0.3) is 0 Å². The molecular weight excluding hydrogens is 210 g/mol. The molecule has 0 fully saturated rings. The Hall–Kier alpha value is -2.37. The average molecular weight is 219 g/mol. The number of carboxylic acid groups (broad SMARTS) is 1. The molecule has 0 saturated heterocycles. The number of aromatic carboxylic acids is 1. The quantitative estimate of drug-likeness (QED) is 0.818. The number of aromatic nitrogens is 2. The molecule has 2 aromatic rings. The Morgan fingerprint density at radius 2 is 2.00 bits per heavy atom. The Kier molecular flexibility index (Phi) is 2.55. The predicted octanol–water partition coefficient (Wildman–Crippen LogP) is 1.82. The molecule has 0 bridgehead atoms. The number of hydrogen-bond acceptors (Lipinski definition) is 5. The van der Waals surface area contributed by atoms with Crippen LogP contribution in [-0.2, 0) is 0 Å². The highest BCUT2D eigenvalue weighted by Crippen LogP contribution is 2.15. The summed E-state index contributed by atoms with van der Waals surface area (Å²) in [6.07, 6.45) is 0. The lowest BCUT2D eigenvalue weighted by molar-refractivity contribution is 0.0697. The lowest BCUT2D eigenvalue weighted by atomic mass is 10.2. The van der Waals surface area contributed by atoms with Gasteiger partial charge >= 0.3 is 12.0 Å². The van der Waals surface area contributed by atoms with Crippen LogP contribution in [0.1, 0.15) is 16.2 Å². The van der Waals surface area contributed by atoms with Crippen LogP contribution in [0.2, 0.25) is 0 Å². The molecule has 0 radical (unpaired) electrons. The number of aryl methyl sites for hydroxylation is 1. The molecule has 2 N–H and O–H groups in total.